The first kappa shape index (κ1) is 13.6. The predicted molar refractivity (Wildman–Crippen MR) is 77.2 cm³/mol. The van der Waals surface area contributed by atoms with Crippen LogP contribution in [0.1, 0.15) is 28.8 Å². The second kappa shape index (κ2) is 5.20. The van der Waals surface area contributed by atoms with Crippen molar-refractivity contribution in [1.29, 1.82) is 0 Å². The summed E-state index contributed by atoms with van der Waals surface area (Å²) in [6, 6.07) is 9.87. The van der Waals surface area contributed by atoms with Crippen molar-refractivity contribution in [2.75, 3.05) is 0 Å². The van der Waals surface area contributed by atoms with Gasteiger partial charge >= 0.3 is 5.97 Å². The topological polar surface area (TPSA) is 46.5 Å². The third-order valence-corrected chi connectivity index (χ3v) is 3.43. The van der Waals surface area contributed by atoms with E-state index in [2.05, 4.69) is 0 Å². The van der Waals surface area contributed by atoms with E-state index in [0.29, 0.717) is 16.9 Å². The van der Waals surface area contributed by atoms with E-state index < -0.39 is 11.8 Å². The summed E-state index contributed by atoms with van der Waals surface area (Å²) < 4.78 is 20.1. The van der Waals surface area contributed by atoms with Gasteiger partial charge in [0.05, 0.1) is 17.2 Å². The largest absolute Gasteiger partial charge is 0.490 e. The standard InChI is InChI=1S/C17H15FO3/c1-10-3-2-4-11(7-10)16-14(18)8-12(17(19)20)9-15(16)21-13-5-6-13/h2-4,7-9,13H,5-6H2,1H3,(H,19,20). The van der Waals surface area contributed by atoms with E-state index in [1.807, 2.05) is 25.1 Å². The van der Waals surface area contributed by atoms with Gasteiger partial charge in [0, 0.05) is 0 Å². The van der Waals surface area contributed by atoms with Gasteiger partial charge < -0.3 is 9.84 Å². The molecule has 1 saturated carbocycles. The summed E-state index contributed by atoms with van der Waals surface area (Å²) in [5, 5.41) is 9.07. The number of carboxylic acids is 1. The number of aryl methyl sites for hydroxylation is 1. The quantitative estimate of drug-likeness (QED) is 0.922. The fourth-order valence-electron chi connectivity index (χ4n) is 2.24. The molecule has 1 aliphatic carbocycles. The van der Waals surface area contributed by atoms with Crippen molar-refractivity contribution in [2.24, 2.45) is 0 Å². The summed E-state index contributed by atoms with van der Waals surface area (Å²) in [7, 11) is 0. The highest BCUT2D eigenvalue weighted by atomic mass is 19.1. The molecule has 1 N–H and O–H groups in total. The highest BCUT2D eigenvalue weighted by Crippen LogP contribution is 2.38. The van der Waals surface area contributed by atoms with Crippen molar-refractivity contribution in [3.05, 3.63) is 53.3 Å². The Morgan fingerprint density at radius 1 is 1.29 bits per heavy atom. The summed E-state index contributed by atoms with van der Waals surface area (Å²) in [4.78, 5) is 11.1. The maximum Gasteiger partial charge on any atom is 0.335 e. The first-order chi connectivity index (χ1) is 10.0. The van der Waals surface area contributed by atoms with Gasteiger partial charge in [0.1, 0.15) is 11.6 Å². The Labute approximate surface area is 122 Å². The van der Waals surface area contributed by atoms with Crippen LogP contribution >= 0.6 is 0 Å². The number of carboxylic acid groups (broad SMARTS) is 1. The first-order valence-corrected chi connectivity index (χ1v) is 6.85. The Bertz CT molecular complexity index is 705. The summed E-state index contributed by atoms with van der Waals surface area (Å²) in [5.41, 5.74) is 1.93. The van der Waals surface area contributed by atoms with Crippen molar-refractivity contribution >= 4 is 5.97 Å². The van der Waals surface area contributed by atoms with Crippen LogP contribution in [0.3, 0.4) is 0 Å². The van der Waals surface area contributed by atoms with Crippen molar-refractivity contribution in [2.45, 2.75) is 25.9 Å². The average Bonchev–Trinajstić information content (AvgIpc) is 3.22. The molecule has 21 heavy (non-hydrogen) atoms. The van der Waals surface area contributed by atoms with E-state index in [-0.39, 0.29) is 11.7 Å². The Kier molecular flexibility index (Phi) is 3.37. The molecule has 1 aliphatic rings. The van der Waals surface area contributed by atoms with E-state index in [1.54, 1.807) is 6.07 Å². The highest BCUT2D eigenvalue weighted by Gasteiger charge is 2.26. The fraction of sp³-hybridized carbons (Fsp3) is 0.235. The molecule has 108 valence electrons. The third-order valence-electron chi connectivity index (χ3n) is 3.43. The molecule has 0 aromatic heterocycles. The molecule has 3 nitrogen and oxygen atoms in total. The number of hydrogen-bond donors (Lipinski definition) is 1. The van der Waals surface area contributed by atoms with Crippen LogP contribution in [-0.4, -0.2) is 17.2 Å². The maximum absolute atomic E-state index is 14.4. The van der Waals surface area contributed by atoms with Gasteiger partial charge in [-0.25, -0.2) is 9.18 Å². The molecule has 0 unspecified atom stereocenters. The number of benzene rings is 2. The van der Waals surface area contributed by atoms with E-state index >= 15 is 0 Å². The monoisotopic (exact) mass is 286 g/mol. The lowest BCUT2D eigenvalue weighted by atomic mass is 10.00. The molecule has 1 fully saturated rings. The molecular weight excluding hydrogens is 271 g/mol. The number of carbonyl (C=O) groups is 1. The minimum absolute atomic E-state index is 0.0667. The van der Waals surface area contributed by atoms with Gasteiger partial charge in [0.15, 0.2) is 0 Å². The van der Waals surface area contributed by atoms with Crippen LogP contribution in [-0.2, 0) is 0 Å². The van der Waals surface area contributed by atoms with Gasteiger partial charge in [-0.15, -0.1) is 0 Å². The molecule has 2 aromatic rings. The molecule has 0 aliphatic heterocycles. The number of rotatable bonds is 4. The lowest BCUT2D eigenvalue weighted by Gasteiger charge is -2.14. The zero-order valence-electron chi connectivity index (χ0n) is 11.6. The summed E-state index contributed by atoms with van der Waals surface area (Å²) in [6.07, 6.45) is 1.91. The zero-order valence-corrected chi connectivity index (χ0v) is 11.6. The fourth-order valence-corrected chi connectivity index (χ4v) is 2.24. The van der Waals surface area contributed by atoms with Gasteiger partial charge in [-0.3, -0.25) is 0 Å². The first-order valence-electron chi connectivity index (χ1n) is 6.85. The second-order valence-corrected chi connectivity index (χ2v) is 5.32. The molecule has 0 atom stereocenters. The molecule has 4 heteroatoms. The van der Waals surface area contributed by atoms with E-state index in [9.17, 15) is 9.18 Å². The van der Waals surface area contributed by atoms with Gasteiger partial charge in [-0.2, -0.15) is 0 Å². The minimum Gasteiger partial charge on any atom is -0.490 e. The van der Waals surface area contributed by atoms with Crippen LogP contribution in [0.15, 0.2) is 36.4 Å². The van der Waals surface area contributed by atoms with Crippen LogP contribution in [0.5, 0.6) is 5.75 Å². The molecular formula is C17H15FO3. The Morgan fingerprint density at radius 3 is 2.67 bits per heavy atom. The summed E-state index contributed by atoms with van der Waals surface area (Å²) in [5.74, 6) is -1.43. The molecule has 0 saturated heterocycles. The Balaban J connectivity index is 2.14. The number of ether oxygens (including phenoxy) is 1. The van der Waals surface area contributed by atoms with E-state index in [4.69, 9.17) is 9.84 Å². The lowest BCUT2D eigenvalue weighted by molar-refractivity contribution is 0.0695. The SMILES string of the molecule is Cc1cccc(-c2c(F)cc(C(=O)O)cc2OC2CC2)c1. The lowest BCUT2D eigenvalue weighted by Crippen LogP contribution is -2.04. The Morgan fingerprint density at radius 2 is 2.05 bits per heavy atom. The molecule has 0 amide bonds. The van der Waals surface area contributed by atoms with Crippen molar-refractivity contribution in [1.82, 2.24) is 0 Å². The van der Waals surface area contributed by atoms with E-state index in [1.165, 1.54) is 6.07 Å². The minimum atomic E-state index is -1.16. The normalized spacial score (nSPS) is 14.0. The maximum atomic E-state index is 14.4. The molecule has 0 heterocycles. The third kappa shape index (κ3) is 2.89. The summed E-state index contributed by atoms with van der Waals surface area (Å²) in [6.45, 7) is 1.93. The number of aromatic carboxylic acids is 1. The smallest absolute Gasteiger partial charge is 0.335 e. The van der Waals surface area contributed by atoms with Crippen LogP contribution in [0.2, 0.25) is 0 Å². The number of halogens is 1. The van der Waals surface area contributed by atoms with Gasteiger partial charge in [-0.05, 0) is 37.5 Å². The van der Waals surface area contributed by atoms with Crippen molar-refractivity contribution in [3.8, 4) is 16.9 Å². The molecule has 0 spiro atoms. The van der Waals surface area contributed by atoms with Crippen molar-refractivity contribution in [3.63, 3.8) is 0 Å². The van der Waals surface area contributed by atoms with Crippen LogP contribution in [0.25, 0.3) is 11.1 Å². The average molecular weight is 286 g/mol. The van der Waals surface area contributed by atoms with E-state index in [0.717, 1.165) is 24.5 Å². The van der Waals surface area contributed by atoms with Gasteiger partial charge in [0.25, 0.3) is 0 Å². The Hall–Kier alpha value is -2.36. The van der Waals surface area contributed by atoms with Gasteiger partial charge in [0.2, 0.25) is 0 Å². The molecule has 0 bridgehead atoms. The number of hydrogen-bond acceptors (Lipinski definition) is 2. The molecule has 3 rings (SSSR count). The van der Waals surface area contributed by atoms with Gasteiger partial charge in [-0.1, -0.05) is 29.8 Å². The predicted octanol–water partition coefficient (Wildman–Crippen LogP) is 4.04. The summed E-state index contributed by atoms with van der Waals surface area (Å²) >= 11 is 0. The van der Waals surface area contributed by atoms with Crippen LogP contribution in [0, 0.1) is 12.7 Å². The highest BCUT2D eigenvalue weighted by molar-refractivity contribution is 5.90. The molecule has 2 aromatic carbocycles. The van der Waals surface area contributed by atoms with Crippen LogP contribution < -0.4 is 4.74 Å². The van der Waals surface area contributed by atoms with Crippen LogP contribution in [0.4, 0.5) is 4.39 Å². The zero-order chi connectivity index (χ0) is 15.0. The van der Waals surface area contributed by atoms with Crippen molar-refractivity contribution < 1.29 is 19.0 Å². The second-order valence-electron chi connectivity index (χ2n) is 5.32. The molecule has 0 radical (unpaired) electrons.